The molecule has 0 saturated carbocycles. The van der Waals surface area contributed by atoms with Gasteiger partial charge in [0.15, 0.2) is 0 Å². The first kappa shape index (κ1) is 18.5. The molecule has 0 aliphatic carbocycles. The first-order chi connectivity index (χ1) is 12.6. The number of para-hydroxylation sites is 1. The quantitative estimate of drug-likeness (QED) is 0.803. The number of aryl methyl sites for hydroxylation is 1. The van der Waals surface area contributed by atoms with E-state index in [4.69, 9.17) is 0 Å². The molecule has 0 unspecified atom stereocenters. The van der Waals surface area contributed by atoms with Gasteiger partial charge in [0.25, 0.3) is 0 Å². The molecule has 26 heavy (non-hydrogen) atoms. The number of anilines is 2. The third-order valence-corrected chi connectivity index (χ3v) is 5.58. The van der Waals surface area contributed by atoms with Crippen molar-refractivity contribution in [1.82, 2.24) is 10.2 Å². The Labute approximate surface area is 157 Å². The minimum Gasteiger partial charge on any atom is -0.311 e. The Hall–Kier alpha value is -2.28. The van der Waals surface area contributed by atoms with Crippen molar-refractivity contribution in [1.29, 1.82) is 0 Å². The van der Waals surface area contributed by atoms with Crippen LogP contribution < -0.4 is 10.2 Å². The standard InChI is InChI=1S/C19H24N4O2S/c1-3-5-10-16(24)20-19-22-21-18(26-19)14-11-17(25)23(12-14)15-9-7-6-8-13(15)4-2/h6-9,14H,3-5,10-12H2,1-2H3,(H,20,22,24)/t14-/m1/s1. The van der Waals surface area contributed by atoms with Gasteiger partial charge in [0, 0.05) is 31.0 Å². The molecule has 0 spiro atoms. The zero-order valence-corrected chi connectivity index (χ0v) is 16.0. The summed E-state index contributed by atoms with van der Waals surface area (Å²) in [4.78, 5) is 26.2. The highest BCUT2D eigenvalue weighted by molar-refractivity contribution is 7.15. The van der Waals surface area contributed by atoms with Gasteiger partial charge < -0.3 is 10.2 Å². The molecule has 1 aromatic heterocycles. The van der Waals surface area contributed by atoms with Crippen LogP contribution in [-0.2, 0) is 16.0 Å². The Morgan fingerprint density at radius 2 is 2.12 bits per heavy atom. The van der Waals surface area contributed by atoms with Gasteiger partial charge in [-0.25, -0.2) is 0 Å². The van der Waals surface area contributed by atoms with Crippen molar-refractivity contribution in [3.63, 3.8) is 0 Å². The normalized spacial score (nSPS) is 16.9. The Kier molecular flexibility index (Phi) is 5.98. The van der Waals surface area contributed by atoms with Crippen molar-refractivity contribution in [2.45, 2.75) is 51.9 Å². The number of hydrogen-bond acceptors (Lipinski definition) is 5. The van der Waals surface area contributed by atoms with Gasteiger partial charge >= 0.3 is 0 Å². The van der Waals surface area contributed by atoms with Crippen LogP contribution in [0.3, 0.4) is 0 Å². The predicted molar refractivity (Wildman–Crippen MR) is 104 cm³/mol. The van der Waals surface area contributed by atoms with E-state index in [9.17, 15) is 9.59 Å². The molecule has 2 aromatic rings. The summed E-state index contributed by atoms with van der Waals surface area (Å²) in [5.41, 5.74) is 2.16. The number of rotatable bonds is 7. The number of carbonyl (C=O) groups excluding carboxylic acids is 2. The van der Waals surface area contributed by atoms with Crippen molar-refractivity contribution in [2.24, 2.45) is 0 Å². The van der Waals surface area contributed by atoms with E-state index in [0.29, 0.717) is 24.5 Å². The summed E-state index contributed by atoms with van der Waals surface area (Å²) >= 11 is 1.37. The van der Waals surface area contributed by atoms with Gasteiger partial charge in [-0.1, -0.05) is 49.8 Å². The summed E-state index contributed by atoms with van der Waals surface area (Å²) in [5.74, 6) is 0.0985. The summed E-state index contributed by atoms with van der Waals surface area (Å²) in [6.07, 6.45) is 3.65. The molecule has 3 rings (SSSR count). The van der Waals surface area contributed by atoms with E-state index in [0.717, 1.165) is 30.0 Å². The van der Waals surface area contributed by atoms with Gasteiger partial charge in [-0.15, -0.1) is 10.2 Å². The van der Waals surface area contributed by atoms with E-state index >= 15 is 0 Å². The van der Waals surface area contributed by atoms with E-state index in [2.05, 4.69) is 35.4 Å². The van der Waals surface area contributed by atoms with E-state index < -0.39 is 0 Å². The van der Waals surface area contributed by atoms with Crippen LogP contribution in [0.4, 0.5) is 10.8 Å². The number of carbonyl (C=O) groups is 2. The van der Waals surface area contributed by atoms with Crippen LogP contribution in [0.25, 0.3) is 0 Å². The van der Waals surface area contributed by atoms with E-state index in [1.807, 2.05) is 23.1 Å². The minimum absolute atomic E-state index is 0.0196. The summed E-state index contributed by atoms with van der Waals surface area (Å²) in [5, 5.41) is 12.4. The Morgan fingerprint density at radius 1 is 1.31 bits per heavy atom. The number of nitrogens with one attached hydrogen (secondary N) is 1. The van der Waals surface area contributed by atoms with Gasteiger partial charge in [-0.05, 0) is 24.5 Å². The largest absolute Gasteiger partial charge is 0.311 e. The number of aromatic nitrogens is 2. The zero-order valence-electron chi connectivity index (χ0n) is 15.2. The molecule has 2 heterocycles. The fourth-order valence-electron chi connectivity index (χ4n) is 3.15. The summed E-state index contributed by atoms with van der Waals surface area (Å²) in [7, 11) is 0. The summed E-state index contributed by atoms with van der Waals surface area (Å²) < 4.78 is 0. The molecule has 1 saturated heterocycles. The highest BCUT2D eigenvalue weighted by atomic mass is 32.1. The van der Waals surface area contributed by atoms with Gasteiger partial charge in [-0.3, -0.25) is 9.59 Å². The molecule has 0 radical (unpaired) electrons. The van der Waals surface area contributed by atoms with Crippen LogP contribution in [0.1, 0.15) is 56.0 Å². The zero-order chi connectivity index (χ0) is 18.5. The Bertz CT molecular complexity index is 789. The molecule has 1 fully saturated rings. The van der Waals surface area contributed by atoms with Crippen molar-refractivity contribution in [2.75, 3.05) is 16.8 Å². The molecule has 138 valence electrons. The van der Waals surface area contributed by atoms with Crippen molar-refractivity contribution >= 4 is 34.0 Å². The van der Waals surface area contributed by atoms with Crippen LogP contribution in [0, 0.1) is 0 Å². The van der Waals surface area contributed by atoms with Crippen LogP contribution in [-0.4, -0.2) is 28.6 Å². The lowest BCUT2D eigenvalue weighted by molar-refractivity contribution is -0.117. The fraction of sp³-hybridized carbons (Fsp3) is 0.474. The molecular weight excluding hydrogens is 348 g/mol. The number of amides is 2. The lowest BCUT2D eigenvalue weighted by Gasteiger charge is -2.19. The first-order valence-electron chi connectivity index (χ1n) is 9.13. The molecule has 0 bridgehead atoms. The molecule has 1 aromatic carbocycles. The maximum absolute atomic E-state index is 12.5. The van der Waals surface area contributed by atoms with E-state index in [1.54, 1.807) is 0 Å². The topological polar surface area (TPSA) is 75.2 Å². The second-order valence-corrected chi connectivity index (χ2v) is 7.49. The molecule has 1 N–H and O–H groups in total. The van der Waals surface area contributed by atoms with Crippen molar-refractivity contribution in [3.05, 3.63) is 34.8 Å². The number of nitrogens with zero attached hydrogens (tertiary/aromatic N) is 3. The Morgan fingerprint density at radius 3 is 2.88 bits per heavy atom. The highest BCUT2D eigenvalue weighted by Gasteiger charge is 2.34. The lowest BCUT2D eigenvalue weighted by atomic mass is 10.1. The van der Waals surface area contributed by atoms with Gasteiger partial charge in [0.05, 0.1) is 0 Å². The van der Waals surface area contributed by atoms with Crippen LogP contribution in [0.15, 0.2) is 24.3 Å². The van der Waals surface area contributed by atoms with Crippen molar-refractivity contribution < 1.29 is 9.59 Å². The average Bonchev–Trinajstić information content (AvgIpc) is 3.26. The maximum Gasteiger partial charge on any atom is 0.227 e. The van der Waals surface area contributed by atoms with Crippen molar-refractivity contribution in [3.8, 4) is 0 Å². The molecular formula is C19H24N4O2S. The first-order valence-corrected chi connectivity index (χ1v) is 9.95. The third kappa shape index (κ3) is 4.09. The monoisotopic (exact) mass is 372 g/mol. The highest BCUT2D eigenvalue weighted by Crippen LogP contribution is 2.35. The van der Waals surface area contributed by atoms with Crippen LogP contribution in [0.2, 0.25) is 0 Å². The molecule has 1 atom stereocenters. The number of benzene rings is 1. The number of unbranched alkanes of at least 4 members (excludes halogenated alkanes) is 1. The molecule has 1 aliphatic rings. The summed E-state index contributed by atoms with van der Waals surface area (Å²) in [6, 6.07) is 8.02. The van der Waals surface area contributed by atoms with Gasteiger partial charge in [0.2, 0.25) is 16.9 Å². The number of hydrogen-bond donors (Lipinski definition) is 1. The fourth-order valence-corrected chi connectivity index (χ4v) is 4.00. The summed E-state index contributed by atoms with van der Waals surface area (Å²) in [6.45, 7) is 4.75. The van der Waals surface area contributed by atoms with Crippen LogP contribution in [0.5, 0.6) is 0 Å². The lowest BCUT2D eigenvalue weighted by Crippen LogP contribution is -2.25. The van der Waals surface area contributed by atoms with Gasteiger partial charge in [0.1, 0.15) is 5.01 Å². The molecule has 6 nitrogen and oxygen atoms in total. The third-order valence-electron chi connectivity index (χ3n) is 4.58. The maximum atomic E-state index is 12.5. The van der Waals surface area contributed by atoms with E-state index in [1.165, 1.54) is 16.9 Å². The SMILES string of the molecule is CCCCC(=O)Nc1nnc([C@@H]2CC(=O)N(c3ccccc3CC)C2)s1. The smallest absolute Gasteiger partial charge is 0.227 e. The van der Waals surface area contributed by atoms with Gasteiger partial charge in [-0.2, -0.15) is 0 Å². The molecule has 7 heteroatoms. The average molecular weight is 372 g/mol. The predicted octanol–water partition coefficient (Wildman–Crippen LogP) is 3.75. The second-order valence-electron chi connectivity index (χ2n) is 6.48. The van der Waals surface area contributed by atoms with E-state index in [-0.39, 0.29) is 17.7 Å². The Balaban J connectivity index is 1.68. The van der Waals surface area contributed by atoms with Crippen LogP contribution >= 0.6 is 11.3 Å². The minimum atomic E-state index is -0.0319. The molecule has 2 amide bonds. The second kappa shape index (κ2) is 8.40. The molecule has 1 aliphatic heterocycles.